The molecule has 1 heterocycles. The summed E-state index contributed by atoms with van der Waals surface area (Å²) in [7, 11) is 2.17. The number of nitrogens with zero attached hydrogens (tertiary/aromatic N) is 2. The normalized spacial score (nSPS) is 23.4. The number of benzene rings is 1. The average molecular weight is 263 g/mol. The van der Waals surface area contributed by atoms with Crippen LogP contribution in [0.3, 0.4) is 0 Å². The van der Waals surface area contributed by atoms with Crippen LogP contribution in [0.15, 0.2) is 30.3 Å². The van der Waals surface area contributed by atoms with Gasteiger partial charge in [0.1, 0.15) is 0 Å². The van der Waals surface area contributed by atoms with Gasteiger partial charge in [-0.1, -0.05) is 30.3 Å². The Morgan fingerprint density at radius 3 is 2.74 bits per heavy atom. The molecule has 1 fully saturated rings. The van der Waals surface area contributed by atoms with Crippen LogP contribution in [0.5, 0.6) is 0 Å². The van der Waals surface area contributed by atoms with E-state index in [1.54, 1.807) is 0 Å². The summed E-state index contributed by atoms with van der Waals surface area (Å²) in [5.41, 5.74) is 7.18. The fourth-order valence-electron chi connectivity index (χ4n) is 2.64. The Morgan fingerprint density at radius 2 is 2.05 bits per heavy atom. The van der Waals surface area contributed by atoms with Crippen LogP contribution in [0.2, 0.25) is 0 Å². The molecule has 0 aromatic heterocycles. The van der Waals surface area contributed by atoms with E-state index in [-0.39, 0.29) is 12.6 Å². The molecular formula is C15H25N3O. The van der Waals surface area contributed by atoms with Crippen molar-refractivity contribution in [2.75, 3.05) is 39.8 Å². The minimum absolute atomic E-state index is 0.0732. The van der Waals surface area contributed by atoms with Crippen LogP contribution in [0.1, 0.15) is 18.0 Å². The van der Waals surface area contributed by atoms with E-state index in [2.05, 4.69) is 47.2 Å². The van der Waals surface area contributed by atoms with Crippen LogP contribution < -0.4 is 5.73 Å². The molecule has 0 aliphatic carbocycles. The molecule has 106 valence electrons. The van der Waals surface area contributed by atoms with E-state index >= 15 is 0 Å². The van der Waals surface area contributed by atoms with E-state index in [9.17, 15) is 0 Å². The molecule has 1 saturated heterocycles. The highest BCUT2D eigenvalue weighted by atomic mass is 16.3. The second-order valence-corrected chi connectivity index (χ2v) is 5.46. The summed E-state index contributed by atoms with van der Waals surface area (Å²) in [6.45, 7) is 4.24. The van der Waals surface area contributed by atoms with E-state index in [4.69, 9.17) is 10.8 Å². The Bertz CT molecular complexity index is 371. The van der Waals surface area contributed by atoms with Crippen molar-refractivity contribution >= 4 is 0 Å². The standard InChI is InChI=1S/C15H25N3O/c1-17-9-10-18(8-7-14(16)12-19)15(11-17)13-5-3-2-4-6-13/h2-6,14-15,19H,7-12,16H2,1H3. The number of aliphatic hydroxyl groups excluding tert-OH is 1. The van der Waals surface area contributed by atoms with Gasteiger partial charge in [-0.05, 0) is 19.0 Å². The van der Waals surface area contributed by atoms with E-state index in [1.165, 1.54) is 5.56 Å². The molecule has 2 rings (SSSR count). The average Bonchev–Trinajstić information content (AvgIpc) is 2.46. The summed E-state index contributed by atoms with van der Waals surface area (Å²) in [5.74, 6) is 0. The van der Waals surface area contributed by atoms with Gasteiger partial charge < -0.3 is 15.7 Å². The highest BCUT2D eigenvalue weighted by molar-refractivity contribution is 5.20. The van der Waals surface area contributed by atoms with Crippen LogP contribution in [0.25, 0.3) is 0 Å². The largest absolute Gasteiger partial charge is 0.395 e. The molecular weight excluding hydrogens is 238 g/mol. The fraction of sp³-hybridized carbons (Fsp3) is 0.600. The van der Waals surface area contributed by atoms with Crippen LogP contribution >= 0.6 is 0 Å². The van der Waals surface area contributed by atoms with Crippen molar-refractivity contribution in [3.8, 4) is 0 Å². The van der Waals surface area contributed by atoms with Crippen LogP contribution in [0, 0.1) is 0 Å². The number of likely N-dealkylation sites (N-methyl/N-ethyl adjacent to an activating group) is 1. The third-order valence-electron chi connectivity index (χ3n) is 3.90. The summed E-state index contributed by atoms with van der Waals surface area (Å²) < 4.78 is 0. The van der Waals surface area contributed by atoms with Gasteiger partial charge in [-0.2, -0.15) is 0 Å². The fourth-order valence-corrected chi connectivity index (χ4v) is 2.64. The summed E-state index contributed by atoms with van der Waals surface area (Å²) >= 11 is 0. The molecule has 19 heavy (non-hydrogen) atoms. The zero-order valence-electron chi connectivity index (χ0n) is 11.7. The molecule has 4 heteroatoms. The maximum atomic E-state index is 9.04. The van der Waals surface area contributed by atoms with Gasteiger partial charge in [0.2, 0.25) is 0 Å². The molecule has 1 aliphatic rings. The molecule has 0 amide bonds. The summed E-state index contributed by atoms with van der Waals surface area (Å²) in [6, 6.07) is 11.0. The van der Waals surface area contributed by atoms with Crippen LogP contribution in [-0.2, 0) is 0 Å². The third kappa shape index (κ3) is 4.01. The number of piperazine rings is 1. The number of nitrogens with two attached hydrogens (primary N) is 1. The van der Waals surface area contributed by atoms with E-state index in [0.717, 1.165) is 32.6 Å². The molecule has 1 aliphatic heterocycles. The number of aliphatic hydroxyl groups is 1. The first-order valence-electron chi connectivity index (χ1n) is 7.04. The Hall–Kier alpha value is -0.940. The second kappa shape index (κ2) is 7.01. The molecule has 2 atom stereocenters. The Kier molecular flexibility index (Phi) is 5.34. The zero-order chi connectivity index (χ0) is 13.7. The summed E-state index contributed by atoms with van der Waals surface area (Å²) in [6.07, 6.45) is 0.851. The first-order chi connectivity index (χ1) is 9.20. The van der Waals surface area contributed by atoms with E-state index in [1.807, 2.05) is 0 Å². The molecule has 1 aromatic rings. The monoisotopic (exact) mass is 263 g/mol. The third-order valence-corrected chi connectivity index (χ3v) is 3.90. The van der Waals surface area contributed by atoms with Crippen LogP contribution in [-0.4, -0.2) is 60.8 Å². The molecule has 0 saturated carbocycles. The van der Waals surface area contributed by atoms with Gasteiger partial charge in [-0.15, -0.1) is 0 Å². The lowest BCUT2D eigenvalue weighted by molar-refractivity contribution is 0.0847. The highest BCUT2D eigenvalue weighted by Gasteiger charge is 2.26. The second-order valence-electron chi connectivity index (χ2n) is 5.46. The van der Waals surface area contributed by atoms with Crippen molar-refractivity contribution < 1.29 is 5.11 Å². The number of hydrogen-bond donors (Lipinski definition) is 2. The molecule has 3 N–H and O–H groups in total. The van der Waals surface area contributed by atoms with Crippen molar-refractivity contribution in [1.29, 1.82) is 0 Å². The van der Waals surface area contributed by atoms with Crippen LogP contribution in [0.4, 0.5) is 0 Å². The first kappa shape index (κ1) is 14.5. The molecule has 4 nitrogen and oxygen atoms in total. The molecule has 2 unspecified atom stereocenters. The zero-order valence-corrected chi connectivity index (χ0v) is 11.7. The topological polar surface area (TPSA) is 52.7 Å². The highest BCUT2D eigenvalue weighted by Crippen LogP contribution is 2.24. The Morgan fingerprint density at radius 1 is 1.32 bits per heavy atom. The van der Waals surface area contributed by atoms with E-state index < -0.39 is 0 Å². The van der Waals surface area contributed by atoms with E-state index in [0.29, 0.717) is 6.04 Å². The SMILES string of the molecule is CN1CCN(CCC(N)CO)C(c2ccccc2)C1. The predicted octanol–water partition coefficient (Wildman–Crippen LogP) is 0.685. The maximum Gasteiger partial charge on any atom is 0.0583 e. The minimum Gasteiger partial charge on any atom is -0.395 e. The Labute approximate surface area is 115 Å². The molecule has 0 bridgehead atoms. The maximum absolute atomic E-state index is 9.04. The molecule has 0 radical (unpaired) electrons. The van der Waals surface area contributed by atoms with Gasteiger partial charge >= 0.3 is 0 Å². The van der Waals surface area contributed by atoms with Crippen molar-refractivity contribution in [3.63, 3.8) is 0 Å². The lowest BCUT2D eigenvalue weighted by Gasteiger charge is -2.40. The lowest BCUT2D eigenvalue weighted by Crippen LogP contribution is -2.48. The Balaban J connectivity index is 2.02. The first-order valence-corrected chi connectivity index (χ1v) is 7.04. The minimum atomic E-state index is -0.101. The quantitative estimate of drug-likeness (QED) is 0.820. The summed E-state index contributed by atoms with van der Waals surface area (Å²) in [4.78, 5) is 4.87. The number of hydrogen-bond acceptors (Lipinski definition) is 4. The van der Waals surface area contributed by atoms with Gasteiger partial charge in [0.25, 0.3) is 0 Å². The van der Waals surface area contributed by atoms with Gasteiger partial charge in [-0.3, -0.25) is 4.90 Å². The van der Waals surface area contributed by atoms with Crippen molar-refractivity contribution in [1.82, 2.24) is 9.80 Å². The van der Waals surface area contributed by atoms with Gasteiger partial charge in [0, 0.05) is 38.3 Å². The van der Waals surface area contributed by atoms with Crippen molar-refractivity contribution in [2.45, 2.75) is 18.5 Å². The number of rotatable bonds is 5. The predicted molar refractivity (Wildman–Crippen MR) is 77.9 cm³/mol. The van der Waals surface area contributed by atoms with Gasteiger partial charge in [-0.25, -0.2) is 0 Å². The molecule has 1 aromatic carbocycles. The summed E-state index contributed by atoms with van der Waals surface area (Å²) in [5, 5.41) is 9.04. The van der Waals surface area contributed by atoms with Crippen molar-refractivity contribution in [3.05, 3.63) is 35.9 Å². The smallest absolute Gasteiger partial charge is 0.0583 e. The van der Waals surface area contributed by atoms with Gasteiger partial charge in [0.05, 0.1) is 6.61 Å². The lowest BCUT2D eigenvalue weighted by atomic mass is 10.0. The van der Waals surface area contributed by atoms with Crippen molar-refractivity contribution in [2.24, 2.45) is 5.73 Å². The van der Waals surface area contributed by atoms with Gasteiger partial charge in [0.15, 0.2) is 0 Å². The molecule has 0 spiro atoms.